The van der Waals surface area contributed by atoms with E-state index in [2.05, 4.69) is 17.3 Å². The molecule has 0 radical (unpaired) electrons. The molecule has 0 unspecified atom stereocenters. The van der Waals surface area contributed by atoms with Gasteiger partial charge in [-0.3, -0.25) is 0 Å². The van der Waals surface area contributed by atoms with Crippen LogP contribution in [-0.2, 0) is 11.3 Å². The van der Waals surface area contributed by atoms with Gasteiger partial charge in [-0.25, -0.2) is 0 Å². The van der Waals surface area contributed by atoms with Gasteiger partial charge in [0.05, 0.1) is 13.2 Å². The summed E-state index contributed by atoms with van der Waals surface area (Å²) in [6, 6.07) is 5.46. The number of likely N-dealkylation sites (N-methyl/N-ethyl adjacent to an activating group) is 1. The first-order chi connectivity index (χ1) is 8.26. The first-order valence-electron chi connectivity index (χ1n) is 5.63. The van der Waals surface area contributed by atoms with Gasteiger partial charge in [0.1, 0.15) is 11.8 Å². The van der Waals surface area contributed by atoms with E-state index < -0.39 is 0 Å². The predicted octanol–water partition coefficient (Wildman–Crippen LogP) is 0.819. The summed E-state index contributed by atoms with van der Waals surface area (Å²) in [4.78, 5) is 2.19. The van der Waals surface area contributed by atoms with Crippen LogP contribution in [0.3, 0.4) is 0 Å². The molecular formula is C12H19N3O2. The van der Waals surface area contributed by atoms with Crippen LogP contribution in [0.4, 0.5) is 0 Å². The average molecular weight is 237 g/mol. The van der Waals surface area contributed by atoms with E-state index in [9.17, 15) is 0 Å². The Bertz CT molecular complexity index is 357. The molecule has 0 aliphatic heterocycles. The maximum atomic E-state index is 8.60. The van der Waals surface area contributed by atoms with E-state index in [4.69, 9.17) is 14.4 Å². The number of nitrogens with one attached hydrogen (secondary N) is 1. The fourth-order valence-corrected chi connectivity index (χ4v) is 1.37. The molecule has 1 heterocycles. The fraction of sp³-hybridized carbons (Fsp3) is 0.583. The van der Waals surface area contributed by atoms with Crippen molar-refractivity contribution in [2.75, 3.05) is 40.4 Å². The first kappa shape index (κ1) is 13.7. The normalized spacial score (nSPS) is 10.7. The van der Waals surface area contributed by atoms with Crippen molar-refractivity contribution in [3.63, 3.8) is 0 Å². The minimum absolute atomic E-state index is 0.360. The van der Waals surface area contributed by atoms with Gasteiger partial charge in [0.2, 0.25) is 5.76 Å². The number of hydrogen-bond acceptors (Lipinski definition) is 5. The summed E-state index contributed by atoms with van der Waals surface area (Å²) in [5.41, 5.74) is 0. The molecule has 0 saturated heterocycles. The molecule has 0 aliphatic carbocycles. The van der Waals surface area contributed by atoms with Crippen molar-refractivity contribution in [3.8, 4) is 6.07 Å². The van der Waals surface area contributed by atoms with Crippen LogP contribution in [0, 0.1) is 11.3 Å². The molecule has 5 heteroatoms. The monoisotopic (exact) mass is 237 g/mol. The van der Waals surface area contributed by atoms with E-state index in [1.165, 1.54) is 0 Å². The summed E-state index contributed by atoms with van der Waals surface area (Å²) in [6.07, 6.45) is 0. The molecule has 0 amide bonds. The molecule has 1 aromatic rings. The summed E-state index contributed by atoms with van der Waals surface area (Å²) in [5.74, 6) is 1.15. The molecule has 0 aliphatic rings. The Balaban J connectivity index is 2.10. The van der Waals surface area contributed by atoms with E-state index in [1.54, 1.807) is 13.2 Å². The number of ether oxygens (including phenoxy) is 1. The molecule has 0 aromatic carbocycles. The third-order valence-corrected chi connectivity index (χ3v) is 2.42. The average Bonchev–Trinajstić information content (AvgIpc) is 2.80. The summed E-state index contributed by atoms with van der Waals surface area (Å²) in [7, 11) is 3.76. The largest absolute Gasteiger partial charge is 0.449 e. The first-order valence-corrected chi connectivity index (χ1v) is 5.63. The Kier molecular flexibility index (Phi) is 6.33. The lowest BCUT2D eigenvalue weighted by Crippen LogP contribution is -2.31. The maximum absolute atomic E-state index is 8.60. The molecule has 1 aromatic heterocycles. The lowest BCUT2D eigenvalue weighted by molar-refractivity contribution is 0.161. The minimum Gasteiger partial charge on any atom is -0.449 e. The zero-order chi connectivity index (χ0) is 12.5. The van der Waals surface area contributed by atoms with E-state index in [0.717, 1.165) is 32.0 Å². The third kappa shape index (κ3) is 5.50. The molecule has 0 atom stereocenters. The van der Waals surface area contributed by atoms with Crippen LogP contribution < -0.4 is 5.32 Å². The highest BCUT2D eigenvalue weighted by Gasteiger charge is 2.01. The van der Waals surface area contributed by atoms with Crippen LogP contribution in [-0.4, -0.2) is 45.3 Å². The molecule has 5 nitrogen and oxygen atoms in total. The minimum atomic E-state index is 0.360. The maximum Gasteiger partial charge on any atom is 0.203 e. The van der Waals surface area contributed by atoms with Gasteiger partial charge in [0.15, 0.2) is 0 Å². The van der Waals surface area contributed by atoms with Gasteiger partial charge in [-0.1, -0.05) is 0 Å². The molecule has 1 N–H and O–H groups in total. The second-order valence-electron chi connectivity index (χ2n) is 3.85. The van der Waals surface area contributed by atoms with Gasteiger partial charge >= 0.3 is 0 Å². The molecular weight excluding hydrogens is 218 g/mol. The molecule has 94 valence electrons. The van der Waals surface area contributed by atoms with E-state index in [0.29, 0.717) is 12.3 Å². The summed E-state index contributed by atoms with van der Waals surface area (Å²) >= 11 is 0. The molecule has 0 spiro atoms. The van der Waals surface area contributed by atoms with Gasteiger partial charge in [-0.15, -0.1) is 0 Å². The Morgan fingerprint density at radius 2 is 2.29 bits per heavy atom. The van der Waals surface area contributed by atoms with Crippen LogP contribution >= 0.6 is 0 Å². The van der Waals surface area contributed by atoms with Crippen molar-refractivity contribution in [2.45, 2.75) is 6.54 Å². The van der Waals surface area contributed by atoms with Crippen molar-refractivity contribution < 1.29 is 9.15 Å². The highest BCUT2D eigenvalue weighted by atomic mass is 16.5. The molecule has 0 bridgehead atoms. The van der Waals surface area contributed by atoms with Crippen LogP contribution in [0.1, 0.15) is 11.5 Å². The zero-order valence-electron chi connectivity index (χ0n) is 10.4. The van der Waals surface area contributed by atoms with Crippen molar-refractivity contribution >= 4 is 0 Å². The summed E-state index contributed by atoms with van der Waals surface area (Å²) in [5, 5.41) is 11.9. The van der Waals surface area contributed by atoms with Crippen molar-refractivity contribution in [1.82, 2.24) is 10.2 Å². The third-order valence-electron chi connectivity index (χ3n) is 2.42. The number of rotatable bonds is 8. The van der Waals surface area contributed by atoms with Gasteiger partial charge in [0.25, 0.3) is 0 Å². The van der Waals surface area contributed by atoms with Gasteiger partial charge in [-0.05, 0) is 19.2 Å². The van der Waals surface area contributed by atoms with Crippen LogP contribution in [0.25, 0.3) is 0 Å². The van der Waals surface area contributed by atoms with Gasteiger partial charge in [-0.2, -0.15) is 5.26 Å². The molecule has 0 fully saturated rings. The highest BCUT2D eigenvalue weighted by Crippen LogP contribution is 2.05. The lowest BCUT2D eigenvalue weighted by atomic mass is 10.4. The molecule has 17 heavy (non-hydrogen) atoms. The topological polar surface area (TPSA) is 61.4 Å². The number of nitrogens with zero attached hydrogens (tertiary/aromatic N) is 2. The smallest absolute Gasteiger partial charge is 0.203 e. The van der Waals surface area contributed by atoms with E-state index in [1.807, 2.05) is 12.1 Å². The van der Waals surface area contributed by atoms with Crippen molar-refractivity contribution in [2.24, 2.45) is 0 Å². The number of furan rings is 1. The quantitative estimate of drug-likeness (QED) is 0.678. The zero-order valence-corrected chi connectivity index (χ0v) is 10.4. The Morgan fingerprint density at radius 1 is 1.47 bits per heavy atom. The molecule has 1 rings (SSSR count). The van der Waals surface area contributed by atoms with Gasteiger partial charge in [0, 0.05) is 26.7 Å². The Labute approximate surface area is 102 Å². The van der Waals surface area contributed by atoms with E-state index in [-0.39, 0.29) is 0 Å². The Morgan fingerprint density at radius 3 is 2.94 bits per heavy atom. The fourth-order valence-electron chi connectivity index (χ4n) is 1.37. The summed E-state index contributed by atoms with van der Waals surface area (Å²) < 4.78 is 10.2. The number of nitriles is 1. The number of methoxy groups -OCH3 is 1. The highest BCUT2D eigenvalue weighted by molar-refractivity contribution is 5.18. The van der Waals surface area contributed by atoms with Crippen LogP contribution in [0.15, 0.2) is 16.5 Å². The molecule has 0 saturated carbocycles. The predicted molar refractivity (Wildman–Crippen MR) is 64.5 cm³/mol. The second-order valence-corrected chi connectivity index (χ2v) is 3.85. The van der Waals surface area contributed by atoms with Crippen molar-refractivity contribution in [3.05, 3.63) is 23.7 Å². The number of hydrogen-bond donors (Lipinski definition) is 1. The van der Waals surface area contributed by atoms with Crippen molar-refractivity contribution in [1.29, 1.82) is 5.26 Å². The summed E-state index contributed by atoms with van der Waals surface area (Å²) in [6.45, 7) is 4.16. The second kappa shape index (κ2) is 7.85. The SMILES string of the molecule is COCCN(C)CCNCc1ccc(C#N)o1. The standard InChI is InChI=1S/C12H19N3O2/c1-15(7-8-16-2)6-5-14-10-12-4-3-11(9-13)17-12/h3-4,14H,5-8,10H2,1-2H3. The van der Waals surface area contributed by atoms with Gasteiger partial charge < -0.3 is 19.4 Å². The van der Waals surface area contributed by atoms with E-state index >= 15 is 0 Å². The van der Waals surface area contributed by atoms with Crippen LogP contribution in [0.5, 0.6) is 0 Å². The Hall–Kier alpha value is -1.35. The van der Waals surface area contributed by atoms with Crippen LogP contribution in [0.2, 0.25) is 0 Å². The lowest BCUT2D eigenvalue weighted by Gasteiger charge is -2.15.